The monoisotopic (exact) mass is 373 g/mol. The molecule has 1 aliphatic rings. The summed E-state index contributed by atoms with van der Waals surface area (Å²) in [6.07, 6.45) is 0. The zero-order valence-electron chi connectivity index (χ0n) is 13.4. The van der Waals surface area contributed by atoms with Crippen molar-refractivity contribution < 1.29 is 9.69 Å². The Balaban J connectivity index is 1.57. The maximum Gasteiger partial charge on any atom is 0.255 e. The molecule has 0 saturated carbocycles. The van der Waals surface area contributed by atoms with Crippen LogP contribution in [0.4, 0.5) is 0 Å². The zero-order chi connectivity index (χ0) is 16.2. The number of benzene rings is 2. The highest BCUT2D eigenvalue weighted by Crippen LogP contribution is 2.17. The molecule has 1 amide bonds. The van der Waals surface area contributed by atoms with Gasteiger partial charge in [0.25, 0.3) is 5.91 Å². The van der Waals surface area contributed by atoms with Crippen LogP contribution in [0.5, 0.6) is 0 Å². The van der Waals surface area contributed by atoms with E-state index in [1.54, 1.807) is 4.90 Å². The normalized spacial score (nSPS) is 15.7. The Hall–Kier alpha value is -1.65. The third-order valence-electron chi connectivity index (χ3n) is 4.44. The largest absolute Gasteiger partial charge is 0.328 e. The molecule has 0 unspecified atom stereocenters. The van der Waals surface area contributed by atoms with Gasteiger partial charge in [0.1, 0.15) is 6.54 Å². The molecule has 2 aromatic rings. The van der Waals surface area contributed by atoms with Crippen molar-refractivity contribution in [2.24, 2.45) is 0 Å². The molecule has 3 nitrogen and oxygen atoms in total. The van der Waals surface area contributed by atoms with Crippen LogP contribution in [-0.2, 0) is 6.54 Å². The Morgan fingerprint density at radius 3 is 2.39 bits per heavy atom. The molecule has 1 aliphatic heterocycles. The molecule has 1 heterocycles. The van der Waals surface area contributed by atoms with Crippen molar-refractivity contribution >= 4 is 21.8 Å². The van der Waals surface area contributed by atoms with E-state index in [1.165, 1.54) is 11.1 Å². The van der Waals surface area contributed by atoms with Gasteiger partial charge in [-0.15, -0.1) is 0 Å². The zero-order valence-corrected chi connectivity index (χ0v) is 15.0. The molecule has 0 aliphatic carbocycles. The summed E-state index contributed by atoms with van der Waals surface area (Å²) in [5, 5.41) is 0. The molecule has 2 aromatic carbocycles. The highest BCUT2D eigenvalue weighted by molar-refractivity contribution is 9.10. The van der Waals surface area contributed by atoms with Crippen LogP contribution < -0.4 is 4.90 Å². The molecule has 0 aromatic heterocycles. The first kappa shape index (κ1) is 16.2. The van der Waals surface area contributed by atoms with Crippen LogP contribution >= 0.6 is 15.9 Å². The Bertz CT molecular complexity index is 676. The number of quaternary nitrogens is 1. The van der Waals surface area contributed by atoms with Crippen LogP contribution in [0.1, 0.15) is 21.5 Å². The molecule has 4 heteroatoms. The third-order valence-corrected chi connectivity index (χ3v) is 5.13. The van der Waals surface area contributed by atoms with Crippen molar-refractivity contribution in [1.82, 2.24) is 4.90 Å². The fraction of sp³-hybridized carbons (Fsp3) is 0.316. The standard InChI is InChI=1S/C19H21BrN2O/c1-15-6-8-16(9-7-15)14-21-10-12-22(13-11-21)19(23)17-4-2-3-5-18(17)20/h2-9H,10-14H2,1H3/p+1. The fourth-order valence-corrected chi connectivity index (χ4v) is 3.46. The summed E-state index contributed by atoms with van der Waals surface area (Å²) in [6, 6.07) is 16.4. The van der Waals surface area contributed by atoms with Gasteiger partial charge in [0.15, 0.2) is 0 Å². The van der Waals surface area contributed by atoms with Crippen molar-refractivity contribution in [3.8, 4) is 0 Å². The Morgan fingerprint density at radius 1 is 1.09 bits per heavy atom. The molecule has 1 N–H and O–H groups in total. The summed E-state index contributed by atoms with van der Waals surface area (Å²) in [5.41, 5.74) is 3.43. The average Bonchev–Trinajstić information content (AvgIpc) is 2.57. The first-order valence-electron chi connectivity index (χ1n) is 8.06. The minimum atomic E-state index is 0.131. The van der Waals surface area contributed by atoms with E-state index in [0.717, 1.165) is 42.8 Å². The minimum absolute atomic E-state index is 0.131. The first-order chi connectivity index (χ1) is 11.1. The molecule has 0 bridgehead atoms. The third kappa shape index (κ3) is 4.01. The lowest BCUT2D eigenvalue weighted by molar-refractivity contribution is -0.917. The molecule has 0 radical (unpaired) electrons. The predicted octanol–water partition coefficient (Wildman–Crippen LogP) is 2.30. The number of piperazine rings is 1. The Kier molecular flexibility index (Phi) is 5.13. The van der Waals surface area contributed by atoms with E-state index >= 15 is 0 Å². The topological polar surface area (TPSA) is 24.8 Å². The number of carbonyl (C=O) groups excluding carboxylic acids is 1. The van der Waals surface area contributed by atoms with E-state index in [-0.39, 0.29) is 5.91 Å². The van der Waals surface area contributed by atoms with Crippen molar-refractivity contribution in [3.63, 3.8) is 0 Å². The Labute approximate surface area is 146 Å². The van der Waals surface area contributed by atoms with Gasteiger partial charge in [0.05, 0.1) is 31.7 Å². The van der Waals surface area contributed by atoms with Gasteiger partial charge in [0.2, 0.25) is 0 Å². The van der Waals surface area contributed by atoms with Crippen LogP contribution in [0.25, 0.3) is 0 Å². The van der Waals surface area contributed by atoms with Crippen LogP contribution in [0.2, 0.25) is 0 Å². The second-order valence-electron chi connectivity index (χ2n) is 6.18. The minimum Gasteiger partial charge on any atom is -0.328 e. The number of carbonyl (C=O) groups is 1. The number of aryl methyl sites for hydroxylation is 1. The highest BCUT2D eigenvalue weighted by atomic mass is 79.9. The molecule has 0 atom stereocenters. The summed E-state index contributed by atoms with van der Waals surface area (Å²) in [6.45, 7) is 6.80. The van der Waals surface area contributed by atoms with E-state index in [9.17, 15) is 4.79 Å². The number of hydrogen-bond donors (Lipinski definition) is 1. The number of nitrogens with zero attached hydrogens (tertiary/aromatic N) is 1. The van der Waals surface area contributed by atoms with Crippen LogP contribution in [0.3, 0.4) is 0 Å². The lowest BCUT2D eigenvalue weighted by Gasteiger charge is -2.32. The predicted molar refractivity (Wildman–Crippen MR) is 95.6 cm³/mol. The lowest BCUT2D eigenvalue weighted by Crippen LogP contribution is -3.13. The van der Waals surface area contributed by atoms with Crippen molar-refractivity contribution in [2.45, 2.75) is 13.5 Å². The fourth-order valence-electron chi connectivity index (χ4n) is 3.00. The SMILES string of the molecule is Cc1ccc(C[NH+]2CCN(C(=O)c3ccccc3Br)CC2)cc1. The molecule has 3 rings (SSSR count). The van der Waals surface area contributed by atoms with E-state index in [1.807, 2.05) is 29.2 Å². The molecule has 120 valence electrons. The molecule has 0 spiro atoms. The quantitative estimate of drug-likeness (QED) is 0.876. The summed E-state index contributed by atoms with van der Waals surface area (Å²) in [7, 11) is 0. The van der Waals surface area contributed by atoms with Gasteiger partial charge in [-0.2, -0.15) is 0 Å². The van der Waals surface area contributed by atoms with Gasteiger partial charge < -0.3 is 9.80 Å². The number of rotatable bonds is 3. The molecular formula is C19H22BrN2O+. The van der Waals surface area contributed by atoms with E-state index < -0.39 is 0 Å². The lowest BCUT2D eigenvalue weighted by atomic mass is 10.1. The van der Waals surface area contributed by atoms with Gasteiger partial charge in [-0.3, -0.25) is 4.79 Å². The Morgan fingerprint density at radius 2 is 1.74 bits per heavy atom. The molecule has 1 fully saturated rings. The number of amides is 1. The van der Waals surface area contributed by atoms with Crippen molar-refractivity contribution in [1.29, 1.82) is 0 Å². The van der Waals surface area contributed by atoms with Gasteiger partial charge in [-0.05, 0) is 35.0 Å². The van der Waals surface area contributed by atoms with E-state index in [0.29, 0.717) is 0 Å². The molecule has 23 heavy (non-hydrogen) atoms. The molecular weight excluding hydrogens is 352 g/mol. The number of nitrogens with one attached hydrogen (secondary N) is 1. The van der Waals surface area contributed by atoms with Crippen molar-refractivity contribution in [2.75, 3.05) is 26.2 Å². The summed E-state index contributed by atoms with van der Waals surface area (Å²) >= 11 is 3.47. The summed E-state index contributed by atoms with van der Waals surface area (Å²) < 4.78 is 0.874. The summed E-state index contributed by atoms with van der Waals surface area (Å²) in [5.74, 6) is 0.131. The average molecular weight is 374 g/mol. The maximum absolute atomic E-state index is 12.6. The van der Waals surface area contributed by atoms with Crippen LogP contribution in [0, 0.1) is 6.92 Å². The second-order valence-corrected chi connectivity index (χ2v) is 7.04. The smallest absolute Gasteiger partial charge is 0.255 e. The van der Waals surface area contributed by atoms with Crippen LogP contribution in [0.15, 0.2) is 53.0 Å². The number of hydrogen-bond acceptors (Lipinski definition) is 1. The van der Waals surface area contributed by atoms with Gasteiger partial charge in [-0.25, -0.2) is 0 Å². The van der Waals surface area contributed by atoms with Gasteiger partial charge in [-0.1, -0.05) is 42.0 Å². The van der Waals surface area contributed by atoms with E-state index in [2.05, 4.69) is 47.1 Å². The van der Waals surface area contributed by atoms with Gasteiger partial charge >= 0.3 is 0 Å². The maximum atomic E-state index is 12.6. The molecule has 1 saturated heterocycles. The first-order valence-corrected chi connectivity index (χ1v) is 8.86. The van der Waals surface area contributed by atoms with Gasteiger partial charge in [0, 0.05) is 10.0 Å². The van der Waals surface area contributed by atoms with Crippen molar-refractivity contribution in [3.05, 3.63) is 69.7 Å². The summed E-state index contributed by atoms with van der Waals surface area (Å²) in [4.78, 5) is 16.1. The number of halogens is 1. The van der Waals surface area contributed by atoms with E-state index in [4.69, 9.17) is 0 Å². The highest BCUT2D eigenvalue weighted by Gasteiger charge is 2.25. The second kappa shape index (κ2) is 7.28. The van der Waals surface area contributed by atoms with Crippen LogP contribution in [-0.4, -0.2) is 37.0 Å².